The summed E-state index contributed by atoms with van der Waals surface area (Å²) in [7, 11) is 3.58. The highest BCUT2D eigenvalue weighted by molar-refractivity contribution is 5.35. The minimum absolute atomic E-state index is 0.0615. The lowest BCUT2D eigenvalue weighted by atomic mass is 9.71. The van der Waals surface area contributed by atoms with Crippen molar-refractivity contribution in [2.24, 2.45) is 11.8 Å². The van der Waals surface area contributed by atoms with Gasteiger partial charge in [0.25, 0.3) is 0 Å². The molecule has 2 atom stereocenters. The predicted molar refractivity (Wildman–Crippen MR) is 164 cm³/mol. The monoisotopic (exact) mass is 561 g/mol. The van der Waals surface area contributed by atoms with E-state index in [2.05, 4.69) is 100.0 Å². The quantitative estimate of drug-likeness (QED) is 0.290. The minimum Gasteiger partial charge on any atom is -0.351 e. The smallest absolute Gasteiger partial charge is 0.227 e. The van der Waals surface area contributed by atoms with E-state index in [0.29, 0.717) is 23.7 Å². The Kier molecular flexibility index (Phi) is 10.5. The van der Waals surface area contributed by atoms with Crippen molar-refractivity contribution in [2.75, 3.05) is 24.9 Å². The molecule has 2 N–H and O–H groups in total. The molecule has 2 saturated heterocycles. The number of piperidine rings is 2. The normalized spacial score (nSPS) is 24.9. The minimum atomic E-state index is -0.0615. The molecular formula is C31H59N7O2. The summed E-state index contributed by atoms with van der Waals surface area (Å²) in [5.74, 6) is 2.28. The molecule has 1 aromatic rings. The van der Waals surface area contributed by atoms with E-state index >= 15 is 0 Å². The lowest BCUT2D eigenvalue weighted by Gasteiger charge is -2.54. The van der Waals surface area contributed by atoms with E-state index in [1.54, 1.807) is 20.5 Å². The van der Waals surface area contributed by atoms with Gasteiger partial charge in [0, 0.05) is 34.2 Å². The van der Waals surface area contributed by atoms with Gasteiger partial charge in [-0.05, 0) is 106 Å². The summed E-state index contributed by atoms with van der Waals surface area (Å²) in [6, 6.07) is 0.563. The van der Waals surface area contributed by atoms with Crippen molar-refractivity contribution in [3.05, 3.63) is 6.33 Å². The van der Waals surface area contributed by atoms with Crippen LogP contribution in [0.15, 0.2) is 6.33 Å². The summed E-state index contributed by atoms with van der Waals surface area (Å²) < 4.78 is 0. The predicted octanol–water partition coefficient (Wildman–Crippen LogP) is 6.69. The fourth-order valence-electron chi connectivity index (χ4n) is 8.48. The Balaban J connectivity index is 1.79. The molecule has 3 rings (SSSR count). The third-order valence-corrected chi connectivity index (χ3v) is 9.15. The van der Waals surface area contributed by atoms with Gasteiger partial charge in [-0.25, -0.2) is 9.97 Å². The van der Waals surface area contributed by atoms with Crippen LogP contribution in [0.25, 0.3) is 0 Å². The van der Waals surface area contributed by atoms with Gasteiger partial charge in [0.1, 0.15) is 6.33 Å². The number of nitrogens with zero attached hydrogens (tertiary/aromatic N) is 5. The van der Waals surface area contributed by atoms with E-state index in [1.165, 1.54) is 0 Å². The van der Waals surface area contributed by atoms with Crippen LogP contribution in [0, 0.1) is 11.8 Å². The van der Waals surface area contributed by atoms with Gasteiger partial charge in [-0.3, -0.25) is 0 Å². The van der Waals surface area contributed by atoms with Gasteiger partial charge < -0.3 is 20.3 Å². The molecule has 9 nitrogen and oxygen atoms in total. The van der Waals surface area contributed by atoms with Gasteiger partial charge in [0.2, 0.25) is 11.9 Å². The Morgan fingerprint density at radius 1 is 0.700 bits per heavy atom. The maximum atomic E-state index is 5.85. The summed E-state index contributed by atoms with van der Waals surface area (Å²) in [5, 5.41) is 11.8. The molecule has 2 fully saturated rings. The Morgan fingerprint density at radius 2 is 1.02 bits per heavy atom. The van der Waals surface area contributed by atoms with Crippen LogP contribution in [0.3, 0.4) is 0 Å². The van der Waals surface area contributed by atoms with Crippen LogP contribution in [-0.4, -0.2) is 73.5 Å². The van der Waals surface area contributed by atoms with Crippen LogP contribution in [0.2, 0.25) is 0 Å². The zero-order valence-electron chi connectivity index (χ0n) is 27.6. The Bertz CT molecular complexity index is 844. The largest absolute Gasteiger partial charge is 0.351 e. The second-order valence-corrected chi connectivity index (χ2v) is 14.8. The third kappa shape index (κ3) is 7.44. The molecule has 9 heteroatoms. The molecule has 0 radical (unpaired) electrons. The van der Waals surface area contributed by atoms with Crippen molar-refractivity contribution in [2.45, 2.75) is 155 Å². The van der Waals surface area contributed by atoms with Gasteiger partial charge in [-0.15, -0.1) is 0 Å². The molecule has 230 valence electrons. The fraction of sp³-hybridized carbons (Fsp3) is 0.903. The first-order valence-corrected chi connectivity index (χ1v) is 15.5. The molecule has 40 heavy (non-hydrogen) atoms. The van der Waals surface area contributed by atoms with E-state index in [4.69, 9.17) is 14.7 Å². The molecule has 0 amide bonds. The number of nitrogens with one attached hydrogen (secondary N) is 2. The number of hydrogen-bond donors (Lipinski definition) is 2. The second kappa shape index (κ2) is 12.8. The summed E-state index contributed by atoms with van der Waals surface area (Å²) in [5.41, 5.74) is -0.246. The standard InChI is InChI=1S/C31H59N7O2/c1-13-15-24(22-17-28(3,4)37(39-11)29(5,6)18-22)34-26-32-21-33-27(36-26)35-25(16-14-2)23-19-30(7,8)38(40-12)31(9,10)20-23/h21-25H,13-20H2,1-12H3,(H2,32,33,34,35,36). The topological polar surface area (TPSA) is 87.7 Å². The van der Waals surface area contributed by atoms with Crippen LogP contribution in [-0.2, 0) is 9.68 Å². The summed E-state index contributed by atoms with van der Waals surface area (Å²) >= 11 is 0. The molecule has 0 spiro atoms. The highest BCUT2D eigenvalue weighted by atomic mass is 16.7. The highest BCUT2D eigenvalue weighted by Gasteiger charge is 2.49. The first-order valence-electron chi connectivity index (χ1n) is 15.5. The zero-order valence-corrected chi connectivity index (χ0v) is 27.6. The molecule has 1 aromatic heterocycles. The van der Waals surface area contributed by atoms with E-state index in [-0.39, 0.29) is 34.2 Å². The first kappa shape index (κ1) is 33.0. The van der Waals surface area contributed by atoms with E-state index in [0.717, 1.165) is 51.4 Å². The van der Waals surface area contributed by atoms with Crippen molar-refractivity contribution >= 4 is 11.9 Å². The van der Waals surface area contributed by atoms with E-state index in [9.17, 15) is 0 Å². The second-order valence-electron chi connectivity index (χ2n) is 14.8. The zero-order chi connectivity index (χ0) is 29.9. The number of hydrogen-bond acceptors (Lipinski definition) is 9. The summed E-state index contributed by atoms with van der Waals surface area (Å²) in [6.07, 6.45) is 10.2. The van der Waals surface area contributed by atoms with E-state index in [1.807, 2.05) is 0 Å². The first-order chi connectivity index (χ1) is 18.6. The fourth-order valence-corrected chi connectivity index (χ4v) is 8.48. The van der Waals surface area contributed by atoms with Crippen LogP contribution in [0.1, 0.15) is 121 Å². The number of rotatable bonds is 12. The van der Waals surface area contributed by atoms with Crippen molar-refractivity contribution in [3.8, 4) is 0 Å². The molecule has 2 aliphatic heterocycles. The average molecular weight is 562 g/mol. The van der Waals surface area contributed by atoms with Crippen molar-refractivity contribution in [1.29, 1.82) is 0 Å². The maximum absolute atomic E-state index is 5.85. The Morgan fingerprint density at radius 3 is 1.30 bits per heavy atom. The van der Waals surface area contributed by atoms with Gasteiger partial charge >= 0.3 is 0 Å². The third-order valence-electron chi connectivity index (χ3n) is 9.15. The van der Waals surface area contributed by atoms with Crippen molar-refractivity contribution < 1.29 is 9.68 Å². The number of anilines is 2. The van der Waals surface area contributed by atoms with Gasteiger partial charge in [-0.2, -0.15) is 15.1 Å². The molecule has 0 saturated carbocycles. The van der Waals surface area contributed by atoms with Gasteiger partial charge in [0.05, 0.1) is 14.2 Å². The van der Waals surface area contributed by atoms with E-state index < -0.39 is 0 Å². The van der Waals surface area contributed by atoms with Gasteiger partial charge in [0.15, 0.2) is 0 Å². The lowest BCUT2D eigenvalue weighted by molar-refractivity contribution is -0.272. The molecule has 0 bridgehead atoms. The van der Waals surface area contributed by atoms with Crippen molar-refractivity contribution in [1.82, 2.24) is 25.1 Å². The maximum Gasteiger partial charge on any atom is 0.227 e. The SMILES string of the molecule is CCCC(Nc1ncnc(NC(CCC)C2CC(C)(C)N(OC)C(C)(C)C2)n1)C1CC(C)(C)N(OC)C(C)(C)C1. The Labute approximate surface area is 244 Å². The molecule has 0 aromatic carbocycles. The van der Waals surface area contributed by atoms with Crippen LogP contribution in [0.4, 0.5) is 11.9 Å². The summed E-state index contributed by atoms with van der Waals surface area (Å²) in [4.78, 5) is 25.7. The lowest BCUT2D eigenvalue weighted by Crippen LogP contribution is -2.61. The summed E-state index contributed by atoms with van der Waals surface area (Å²) in [6.45, 7) is 22.8. The van der Waals surface area contributed by atoms with Crippen molar-refractivity contribution in [3.63, 3.8) is 0 Å². The average Bonchev–Trinajstić information content (AvgIpc) is 2.81. The molecule has 2 unspecified atom stereocenters. The van der Waals surface area contributed by atoms with Crippen LogP contribution < -0.4 is 10.6 Å². The molecule has 3 heterocycles. The Hall–Kier alpha value is -1.55. The van der Waals surface area contributed by atoms with Crippen LogP contribution >= 0.6 is 0 Å². The molecule has 2 aliphatic rings. The highest BCUT2D eigenvalue weighted by Crippen LogP contribution is 2.45. The number of hydroxylamine groups is 4. The molecular weight excluding hydrogens is 502 g/mol. The van der Waals surface area contributed by atoms with Crippen LogP contribution in [0.5, 0.6) is 0 Å². The number of aromatic nitrogens is 3. The van der Waals surface area contributed by atoms with Gasteiger partial charge in [-0.1, -0.05) is 26.7 Å². The molecule has 0 aliphatic carbocycles.